The quantitative estimate of drug-likeness (QED) is 0.0330. The fourth-order valence-electron chi connectivity index (χ4n) is 5.59. The predicted octanol–water partition coefficient (Wildman–Crippen LogP) is 12.4. The smallest absolute Gasteiger partial charge is 0.317 e. The summed E-state index contributed by atoms with van der Waals surface area (Å²) in [6.45, 7) is 6.39. The lowest BCUT2D eigenvalue weighted by atomic mass is 10.1. The Kier molecular flexibility index (Phi) is 32.5. The Morgan fingerprint density at radius 1 is 0.467 bits per heavy atom. The van der Waals surface area contributed by atoms with Crippen molar-refractivity contribution in [1.29, 1.82) is 0 Å². The minimum absolute atomic E-state index is 0.308. The Labute approximate surface area is 280 Å². The molecule has 0 spiro atoms. The van der Waals surface area contributed by atoms with E-state index < -0.39 is 5.91 Å². The number of nitrogens with one attached hydrogen (secondary N) is 1. The molecule has 0 heterocycles. The van der Waals surface area contributed by atoms with Gasteiger partial charge in [-0.2, -0.15) is 0 Å². The number of allylic oxidation sites excluding steroid dienone is 4. The summed E-state index contributed by atoms with van der Waals surface area (Å²) in [4.78, 5) is 25.1. The molecule has 0 saturated carbocycles. The monoisotopic (exact) mass is 634 g/mol. The van der Waals surface area contributed by atoms with Gasteiger partial charge in [-0.3, -0.25) is 9.59 Å². The maximum Gasteiger partial charge on any atom is 0.317 e. The van der Waals surface area contributed by atoms with Crippen molar-refractivity contribution in [2.24, 2.45) is 0 Å². The second-order valence-corrected chi connectivity index (χ2v) is 13.0. The summed E-state index contributed by atoms with van der Waals surface area (Å²) in [6.07, 6.45) is 42.2. The summed E-state index contributed by atoms with van der Waals surface area (Å²) in [5.74, 6) is -1.98. The van der Waals surface area contributed by atoms with Crippen molar-refractivity contribution in [2.45, 2.75) is 213 Å². The largest absolute Gasteiger partial charge is 0.408 e. The van der Waals surface area contributed by atoms with Crippen molar-refractivity contribution >= 4 is 11.9 Å². The number of esters is 2. The lowest BCUT2D eigenvalue weighted by Crippen LogP contribution is -2.50. The molecule has 0 radical (unpaired) electrons. The lowest BCUT2D eigenvalue weighted by Gasteiger charge is -2.31. The molecule has 5 nitrogen and oxygen atoms in total. The van der Waals surface area contributed by atoms with Gasteiger partial charge in [-0.1, -0.05) is 148 Å². The number of unbranched alkanes of at least 4 members (excludes halogenated alkanes) is 22. The zero-order chi connectivity index (χ0) is 33.1. The van der Waals surface area contributed by atoms with Crippen molar-refractivity contribution in [3.05, 3.63) is 24.3 Å². The molecule has 0 bridgehead atoms. The van der Waals surface area contributed by atoms with Gasteiger partial charge < -0.3 is 9.47 Å². The zero-order valence-corrected chi connectivity index (χ0v) is 30.4. The molecule has 0 aliphatic rings. The summed E-state index contributed by atoms with van der Waals surface area (Å²) >= 11 is 0. The third kappa shape index (κ3) is 29.5. The molecule has 0 aromatic rings. The number of rotatable bonds is 34. The van der Waals surface area contributed by atoms with Crippen LogP contribution in [-0.4, -0.2) is 24.9 Å². The van der Waals surface area contributed by atoms with Gasteiger partial charge in [0.2, 0.25) is 0 Å². The van der Waals surface area contributed by atoms with E-state index in [0.717, 1.165) is 51.4 Å². The van der Waals surface area contributed by atoms with E-state index in [4.69, 9.17) is 9.47 Å². The summed E-state index contributed by atoms with van der Waals surface area (Å²) in [5, 5.41) is 2.94. The van der Waals surface area contributed by atoms with Gasteiger partial charge in [-0.15, -0.1) is 0 Å². The van der Waals surface area contributed by atoms with Crippen LogP contribution in [0.4, 0.5) is 0 Å². The van der Waals surface area contributed by atoms with E-state index in [1.54, 1.807) is 7.05 Å². The summed E-state index contributed by atoms with van der Waals surface area (Å²) in [5.41, 5.74) is 0. The number of hydrogen-bond acceptors (Lipinski definition) is 5. The van der Waals surface area contributed by atoms with Crippen LogP contribution in [0.1, 0.15) is 207 Å². The first-order valence-electron chi connectivity index (χ1n) is 19.5. The Hall–Kier alpha value is -1.62. The second-order valence-electron chi connectivity index (χ2n) is 13.0. The van der Waals surface area contributed by atoms with Crippen LogP contribution < -0.4 is 5.32 Å². The van der Waals surface area contributed by atoms with Crippen molar-refractivity contribution in [3.8, 4) is 0 Å². The Morgan fingerprint density at radius 2 is 0.756 bits per heavy atom. The molecule has 0 aromatic heterocycles. The van der Waals surface area contributed by atoms with Gasteiger partial charge in [0, 0.05) is 19.3 Å². The van der Waals surface area contributed by atoms with Gasteiger partial charge in [0.25, 0.3) is 0 Å². The molecular formula is C40H75NO4. The predicted molar refractivity (Wildman–Crippen MR) is 193 cm³/mol. The maximum atomic E-state index is 12.5. The highest BCUT2D eigenvalue weighted by Gasteiger charge is 2.35. The molecule has 0 aliphatic carbocycles. The van der Waals surface area contributed by atoms with Crippen LogP contribution in [0.25, 0.3) is 0 Å². The summed E-state index contributed by atoms with van der Waals surface area (Å²) in [7, 11) is 1.67. The molecule has 1 N–H and O–H groups in total. The van der Waals surface area contributed by atoms with Gasteiger partial charge >= 0.3 is 17.8 Å². The van der Waals surface area contributed by atoms with Gasteiger partial charge in [-0.05, 0) is 71.3 Å². The highest BCUT2D eigenvalue weighted by molar-refractivity contribution is 5.72. The van der Waals surface area contributed by atoms with Crippen LogP contribution in [0.2, 0.25) is 0 Å². The fraction of sp³-hybridized carbons (Fsp3) is 0.850. The van der Waals surface area contributed by atoms with E-state index >= 15 is 0 Å². The van der Waals surface area contributed by atoms with Crippen molar-refractivity contribution in [1.82, 2.24) is 5.32 Å². The molecule has 45 heavy (non-hydrogen) atoms. The first-order chi connectivity index (χ1) is 22.0. The molecule has 0 amide bonds. The van der Waals surface area contributed by atoms with Crippen LogP contribution in [0, 0.1) is 0 Å². The standard InChI is InChI=1S/C40H75NO4/c1-5-8-10-12-14-16-18-20-22-24-26-28-30-32-34-36-38(42)44-40(7-3,41-4)45-39(43)37-35-33-31-29-27-25-23-21-19-17-15-13-11-9-6-2/h20-23,41H,5-19,24-37H2,1-4H3. The molecular weight excluding hydrogens is 558 g/mol. The van der Waals surface area contributed by atoms with Crippen molar-refractivity contribution in [3.63, 3.8) is 0 Å². The van der Waals surface area contributed by atoms with E-state index in [2.05, 4.69) is 43.5 Å². The third-order valence-corrected chi connectivity index (χ3v) is 8.69. The molecule has 5 heteroatoms. The van der Waals surface area contributed by atoms with Crippen LogP contribution in [0.15, 0.2) is 24.3 Å². The van der Waals surface area contributed by atoms with E-state index in [9.17, 15) is 9.59 Å². The minimum Gasteiger partial charge on any atom is -0.408 e. The van der Waals surface area contributed by atoms with Crippen LogP contribution in [-0.2, 0) is 19.1 Å². The van der Waals surface area contributed by atoms with Crippen molar-refractivity contribution < 1.29 is 19.1 Å². The highest BCUT2D eigenvalue weighted by atomic mass is 16.7. The molecule has 0 rings (SSSR count). The first-order valence-corrected chi connectivity index (χ1v) is 19.5. The normalized spacial score (nSPS) is 13.1. The Bertz CT molecular complexity index is 657. The third-order valence-electron chi connectivity index (χ3n) is 8.69. The number of carbonyl (C=O) groups is 2. The van der Waals surface area contributed by atoms with E-state index in [1.165, 1.54) is 116 Å². The molecule has 0 aliphatic heterocycles. The SMILES string of the molecule is CCCCCCCCC=CCCCCCCCC(=O)OC(CC)(NC)OC(=O)CCCCCCCC=CCCCCCCCC. The lowest BCUT2D eigenvalue weighted by molar-refractivity contribution is -0.240. The first kappa shape index (κ1) is 43.4. The molecule has 0 unspecified atom stereocenters. The molecule has 0 fully saturated rings. The van der Waals surface area contributed by atoms with E-state index in [0.29, 0.717) is 19.3 Å². The molecule has 0 saturated heterocycles. The average Bonchev–Trinajstić information content (AvgIpc) is 3.04. The molecule has 264 valence electrons. The van der Waals surface area contributed by atoms with Crippen molar-refractivity contribution in [2.75, 3.05) is 7.05 Å². The highest BCUT2D eigenvalue weighted by Crippen LogP contribution is 2.19. The Balaban J connectivity index is 3.85. The van der Waals surface area contributed by atoms with Gasteiger partial charge in [0.1, 0.15) is 0 Å². The zero-order valence-electron chi connectivity index (χ0n) is 30.4. The maximum absolute atomic E-state index is 12.5. The van der Waals surface area contributed by atoms with Gasteiger partial charge in [0.05, 0.1) is 0 Å². The minimum atomic E-state index is -1.36. The fourth-order valence-corrected chi connectivity index (χ4v) is 5.59. The van der Waals surface area contributed by atoms with Gasteiger partial charge in [0.15, 0.2) is 0 Å². The number of ether oxygens (including phenoxy) is 2. The van der Waals surface area contributed by atoms with Crippen LogP contribution in [0.3, 0.4) is 0 Å². The number of hydrogen-bond donors (Lipinski definition) is 1. The summed E-state index contributed by atoms with van der Waals surface area (Å²) < 4.78 is 11.3. The number of carbonyl (C=O) groups excluding carboxylic acids is 2. The second kappa shape index (κ2) is 33.7. The Morgan fingerprint density at radius 3 is 1.04 bits per heavy atom. The molecule has 0 aromatic carbocycles. The average molecular weight is 634 g/mol. The topological polar surface area (TPSA) is 64.6 Å². The van der Waals surface area contributed by atoms with Gasteiger partial charge in [-0.25, -0.2) is 5.32 Å². The summed E-state index contributed by atoms with van der Waals surface area (Å²) in [6, 6.07) is 0. The van der Waals surface area contributed by atoms with Crippen LogP contribution in [0.5, 0.6) is 0 Å². The van der Waals surface area contributed by atoms with E-state index in [1.807, 2.05) is 6.92 Å². The van der Waals surface area contributed by atoms with Crippen LogP contribution >= 0.6 is 0 Å². The van der Waals surface area contributed by atoms with E-state index in [-0.39, 0.29) is 11.9 Å². The molecule has 0 atom stereocenters.